The number of nitrogens with zero attached hydrogens (tertiary/aromatic N) is 1. The predicted octanol–water partition coefficient (Wildman–Crippen LogP) is 3.64. The van der Waals surface area contributed by atoms with Crippen molar-refractivity contribution in [3.63, 3.8) is 0 Å². The molecule has 0 atom stereocenters. The zero-order valence-corrected chi connectivity index (χ0v) is 9.64. The van der Waals surface area contributed by atoms with Crippen molar-refractivity contribution in [2.45, 2.75) is 26.2 Å². The smallest absolute Gasteiger partial charge is 0.101 e. The highest BCUT2D eigenvalue weighted by atomic mass is 35.5. The first-order valence-electron chi connectivity index (χ1n) is 5.32. The summed E-state index contributed by atoms with van der Waals surface area (Å²) in [4.78, 5) is 4.44. The Morgan fingerprint density at radius 1 is 1.33 bits per heavy atom. The van der Waals surface area contributed by atoms with Gasteiger partial charge in [-0.05, 0) is 37.5 Å². The molecule has 1 N–H and O–H groups in total. The molecule has 0 spiro atoms. The molecule has 0 unspecified atom stereocenters. The number of amidine groups is 1. The lowest BCUT2D eigenvalue weighted by Crippen LogP contribution is -2.15. The van der Waals surface area contributed by atoms with Crippen LogP contribution in [0.15, 0.2) is 23.2 Å². The van der Waals surface area contributed by atoms with Gasteiger partial charge in [0, 0.05) is 23.7 Å². The van der Waals surface area contributed by atoms with Gasteiger partial charge in [-0.15, -0.1) is 0 Å². The first-order valence-corrected chi connectivity index (χ1v) is 5.70. The largest absolute Gasteiger partial charge is 0.344 e. The molecule has 2 nitrogen and oxygen atoms in total. The van der Waals surface area contributed by atoms with Gasteiger partial charge < -0.3 is 5.32 Å². The quantitative estimate of drug-likeness (QED) is 0.771. The number of nitrogens with one attached hydrogen (secondary N) is 1. The molecule has 1 heterocycles. The second-order valence-electron chi connectivity index (χ2n) is 3.87. The van der Waals surface area contributed by atoms with Crippen molar-refractivity contribution in [1.82, 2.24) is 0 Å². The Morgan fingerprint density at radius 2 is 2.20 bits per heavy atom. The second-order valence-corrected chi connectivity index (χ2v) is 4.28. The van der Waals surface area contributed by atoms with Gasteiger partial charge in [-0.25, -0.2) is 0 Å². The van der Waals surface area contributed by atoms with Gasteiger partial charge in [0.05, 0.1) is 0 Å². The molecular formula is C12H15ClN2. The average Bonchev–Trinajstić information content (AvgIpc) is 2.25. The fourth-order valence-electron chi connectivity index (χ4n) is 1.64. The highest BCUT2D eigenvalue weighted by Gasteiger charge is 2.05. The number of hydrogen-bond acceptors (Lipinski definition) is 2. The first kappa shape index (κ1) is 10.5. The van der Waals surface area contributed by atoms with Crippen LogP contribution in [-0.4, -0.2) is 12.4 Å². The van der Waals surface area contributed by atoms with E-state index in [4.69, 9.17) is 11.6 Å². The topological polar surface area (TPSA) is 24.4 Å². The average molecular weight is 223 g/mol. The normalized spacial score (nSPS) is 16.0. The molecule has 0 amide bonds. The maximum absolute atomic E-state index is 6.05. The molecule has 0 aromatic heterocycles. The molecule has 0 aliphatic carbocycles. The van der Waals surface area contributed by atoms with Crippen LogP contribution in [0, 0.1) is 6.92 Å². The van der Waals surface area contributed by atoms with Crippen LogP contribution < -0.4 is 5.32 Å². The lowest BCUT2D eigenvalue weighted by atomic mass is 10.1. The van der Waals surface area contributed by atoms with Crippen LogP contribution in [0.3, 0.4) is 0 Å². The number of aryl methyl sites for hydroxylation is 1. The first-order chi connectivity index (χ1) is 7.25. The van der Waals surface area contributed by atoms with Crippen LogP contribution in [0.5, 0.6) is 0 Å². The molecule has 0 saturated heterocycles. The Hall–Kier alpha value is -1.02. The van der Waals surface area contributed by atoms with Crippen LogP contribution in [0.25, 0.3) is 0 Å². The van der Waals surface area contributed by atoms with Crippen molar-refractivity contribution in [2.24, 2.45) is 4.99 Å². The Kier molecular flexibility index (Phi) is 3.27. The minimum atomic E-state index is 0.802. The fraction of sp³-hybridized carbons (Fsp3) is 0.417. The molecule has 1 aliphatic rings. The Morgan fingerprint density at radius 3 is 2.87 bits per heavy atom. The Labute approximate surface area is 95.4 Å². The maximum Gasteiger partial charge on any atom is 0.101 e. The Balaban J connectivity index is 2.10. The number of anilines is 1. The van der Waals surface area contributed by atoms with Crippen molar-refractivity contribution >= 4 is 23.1 Å². The molecule has 1 aromatic rings. The molecule has 0 fully saturated rings. The molecule has 3 heteroatoms. The van der Waals surface area contributed by atoms with E-state index in [1.165, 1.54) is 12.8 Å². The fourth-order valence-corrected chi connectivity index (χ4v) is 1.82. The van der Waals surface area contributed by atoms with Crippen LogP contribution in [0.4, 0.5) is 5.69 Å². The van der Waals surface area contributed by atoms with E-state index < -0.39 is 0 Å². The van der Waals surface area contributed by atoms with E-state index in [0.717, 1.165) is 35.1 Å². The summed E-state index contributed by atoms with van der Waals surface area (Å²) in [5.41, 5.74) is 2.14. The molecule has 0 saturated carbocycles. The summed E-state index contributed by atoms with van der Waals surface area (Å²) in [6.45, 7) is 2.95. The van der Waals surface area contributed by atoms with E-state index in [1.807, 2.05) is 25.1 Å². The van der Waals surface area contributed by atoms with Gasteiger partial charge in [-0.3, -0.25) is 4.99 Å². The van der Waals surface area contributed by atoms with Gasteiger partial charge in [-0.2, -0.15) is 0 Å². The third-order valence-electron chi connectivity index (χ3n) is 2.58. The van der Waals surface area contributed by atoms with Gasteiger partial charge in [0.15, 0.2) is 0 Å². The molecule has 0 radical (unpaired) electrons. The van der Waals surface area contributed by atoms with E-state index in [0.29, 0.717) is 0 Å². The van der Waals surface area contributed by atoms with Crippen LogP contribution in [0.1, 0.15) is 24.8 Å². The Bertz CT molecular complexity index is 385. The molecule has 2 rings (SSSR count). The summed E-state index contributed by atoms with van der Waals surface area (Å²) in [6, 6.07) is 6.01. The number of halogens is 1. The van der Waals surface area contributed by atoms with E-state index >= 15 is 0 Å². The van der Waals surface area contributed by atoms with Crippen molar-refractivity contribution in [3.8, 4) is 0 Å². The lowest BCUT2D eigenvalue weighted by Gasteiger charge is -2.14. The highest BCUT2D eigenvalue weighted by molar-refractivity contribution is 6.31. The second kappa shape index (κ2) is 4.67. The van der Waals surface area contributed by atoms with E-state index in [1.54, 1.807) is 0 Å². The number of benzene rings is 1. The summed E-state index contributed by atoms with van der Waals surface area (Å²) in [5.74, 6) is 1.08. The number of hydrogen-bond donors (Lipinski definition) is 1. The van der Waals surface area contributed by atoms with Gasteiger partial charge in [0.25, 0.3) is 0 Å². The van der Waals surface area contributed by atoms with Crippen molar-refractivity contribution in [2.75, 3.05) is 11.9 Å². The summed E-state index contributed by atoms with van der Waals surface area (Å²) in [7, 11) is 0. The van der Waals surface area contributed by atoms with Gasteiger partial charge in [0.1, 0.15) is 5.84 Å². The third kappa shape index (κ3) is 2.72. The minimum Gasteiger partial charge on any atom is -0.344 e. The summed E-state index contributed by atoms with van der Waals surface area (Å²) in [6.07, 6.45) is 3.48. The van der Waals surface area contributed by atoms with E-state index in [-0.39, 0.29) is 0 Å². The molecule has 0 bridgehead atoms. The summed E-state index contributed by atoms with van der Waals surface area (Å²) < 4.78 is 0. The molecule has 15 heavy (non-hydrogen) atoms. The van der Waals surface area contributed by atoms with Crippen LogP contribution >= 0.6 is 11.6 Å². The molecule has 1 aliphatic heterocycles. The van der Waals surface area contributed by atoms with Crippen molar-refractivity contribution < 1.29 is 0 Å². The standard InChI is InChI=1S/C12H15ClN2/c1-9-5-6-10(8-11(9)13)15-12-4-2-3-7-14-12/h5-6,8H,2-4,7H2,1H3,(H,14,15). The van der Waals surface area contributed by atoms with Crippen LogP contribution in [0.2, 0.25) is 5.02 Å². The maximum atomic E-state index is 6.05. The molecular weight excluding hydrogens is 208 g/mol. The zero-order valence-electron chi connectivity index (χ0n) is 8.89. The van der Waals surface area contributed by atoms with Crippen LogP contribution in [-0.2, 0) is 0 Å². The molecule has 80 valence electrons. The van der Waals surface area contributed by atoms with E-state index in [2.05, 4.69) is 10.3 Å². The van der Waals surface area contributed by atoms with Gasteiger partial charge in [-0.1, -0.05) is 17.7 Å². The van der Waals surface area contributed by atoms with Gasteiger partial charge >= 0.3 is 0 Å². The third-order valence-corrected chi connectivity index (χ3v) is 2.99. The summed E-state index contributed by atoms with van der Waals surface area (Å²) in [5, 5.41) is 4.12. The van der Waals surface area contributed by atoms with Crippen molar-refractivity contribution in [3.05, 3.63) is 28.8 Å². The monoisotopic (exact) mass is 222 g/mol. The van der Waals surface area contributed by atoms with Crippen molar-refractivity contribution in [1.29, 1.82) is 0 Å². The predicted molar refractivity (Wildman–Crippen MR) is 66.0 cm³/mol. The molecule has 1 aromatic carbocycles. The summed E-state index contributed by atoms with van der Waals surface area (Å²) >= 11 is 6.05. The zero-order chi connectivity index (χ0) is 10.7. The minimum absolute atomic E-state index is 0.802. The highest BCUT2D eigenvalue weighted by Crippen LogP contribution is 2.20. The lowest BCUT2D eigenvalue weighted by molar-refractivity contribution is 0.737. The van der Waals surface area contributed by atoms with E-state index in [9.17, 15) is 0 Å². The SMILES string of the molecule is Cc1ccc(NC2=NCCCC2)cc1Cl. The number of aliphatic imine (C=N–C) groups is 1. The van der Waals surface area contributed by atoms with Gasteiger partial charge in [0.2, 0.25) is 0 Å². The number of rotatable bonds is 1.